The number of pyridine rings is 1. The van der Waals surface area contributed by atoms with Crippen LogP contribution in [0.2, 0.25) is 0 Å². The predicted octanol–water partition coefficient (Wildman–Crippen LogP) is 2.57. The van der Waals surface area contributed by atoms with E-state index in [2.05, 4.69) is 0 Å². The molecule has 0 N–H and O–H groups in total. The van der Waals surface area contributed by atoms with Gasteiger partial charge in [0.05, 0.1) is 10.4 Å². The van der Waals surface area contributed by atoms with E-state index in [-0.39, 0.29) is 23.7 Å². The summed E-state index contributed by atoms with van der Waals surface area (Å²) in [6.07, 6.45) is 0. The van der Waals surface area contributed by atoms with E-state index >= 15 is 0 Å². The smallest absolute Gasteiger partial charge is 0.270 e. The number of non-ortho nitro benzene ring substituents is 1. The van der Waals surface area contributed by atoms with Crippen LogP contribution in [0.1, 0.15) is 5.56 Å². The Labute approximate surface area is 149 Å². The quantitative estimate of drug-likeness (QED) is 0.522. The number of aromatic nitrogens is 1. The first-order chi connectivity index (χ1) is 12.5. The Morgan fingerprint density at radius 2 is 1.85 bits per heavy atom. The first-order valence-electron chi connectivity index (χ1n) is 8.01. The fraction of sp³-hybridized carbons (Fsp3) is 0.158. The van der Waals surface area contributed by atoms with Crippen molar-refractivity contribution >= 4 is 22.5 Å². The topological polar surface area (TPSA) is 85.5 Å². The van der Waals surface area contributed by atoms with E-state index in [0.717, 1.165) is 5.56 Å². The lowest BCUT2D eigenvalue weighted by molar-refractivity contribution is -0.384. The molecule has 0 unspecified atom stereocenters. The normalized spacial score (nSPS) is 10.7. The van der Waals surface area contributed by atoms with E-state index in [0.29, 0.717) is 17.4 Å². The zero-order valence-electron chi connectivity index (χ0n) is 14.2. The van der Waals surface area contributed by atoms with Crippen molar-refractivity contribution in [1.29, 1.82) is 0 Å². The highest BCUT2D eigenvalue weighted by molar-refractivity contribution is 5.84. The number of carbonyl (C=O) groups is 1. The van der Waals surface area contributed by atoms with Crippen LogP contribution in [0.3, 0.4) is 0 Å². The molecule has 0 radical (unpaired) electrons. The molecule has 0 bridgehead atoms. The van der Waals surface area contributed by atoms with Gasteiger partial charge in [0.25, 0.3) is 11.2 Å². The van der Waals surface area contributed by atoms with Gasteiger partial charge in [0, 0.05) is 37.2 Å². The maximum atomic E-state index is 12.5. The van der Waals surface area contributed by atoms with Crippen molar-refractivity contribution in [2.45, 2.75) is 13.1 Å². The SMILES string of the molecule is CN(Cc1ccccc1)C(=O)Cn1c(=O)ccc2cc([N+](=O)[O-])ccc21. The van der Waals surface area contributed by atoms with Gasteiger partial charge in [-0.25, -0.2) is 0 Å². The predicted molar refractivity (Wildman–Crippen MR) is 97.8 cm³/mol. The van der Waals surface area contributed by atoms with E-state index in [1.54, 1.807) is 11.9 Å². The molecule has 1 amide bonds. The number of carbonyl (C=O) groups excluding carboxylic acids is 1. The van der Waals surface area contributed by atoms with Crippen LogP contribution in [0.15, 0.2) is 65.5 Å². The first-order valence-corrected chi connectivity index (χ1v) is 8.01. The molecule has 1 aromatic heterocycles. The molecule has 26 heavy (non-hydrogen) atoms. The second kappa shape index (κ2) is 7.18. The van der Waals surface area contributed by atoms with Gasteiger partial charge >= 0.3 is 0 Å². The molecular weight excluding hydrogens is 334 g/mol. The zero-order chi connectivity index (χ0) is 18.7. The van der Waals surface area contributed by atoms with E-state index < -0.39 is 4.92 Å². The van der Waals surface area contributed by atoms with Crippen LogP contribution in [-0.2, 0) is 17.9 Å². The van der Waals surface area contributed by atoms with Crippen LogP contribution >= 0.6 is 0 Å². The highest BCUT2D eigenvalue weighted by Crippen LogP contribution is 2.19. The van der Waals surface area contributed by atoms with Crippen molar-refractivity contribution in [2.75, 3.05) is 7.05 Å². The fourth-order valence-electron chi connectivity index (χ4n) is 2.77. The lowest BCUT2D eigenvalue weighted by Crippen LogP contribution is -2.33. The molecule has 3 aromatic rings. The van der Waals surface area contributed by atoms with Crippen LogP contribution in [0.25, 0.3) is 10.9 Å². The van der Waals surface area contributed by atoms with E-state index in [9.17, 15) is 19.7 Å². The molecule has 3 rings (SSSR count). The van der Waals surface area contributed by atoms with Crippen molar-refractivity contribution in [2.24, 2.45) is 0 Å². The first kappa shape index (κ1) is 17.3. The Kier molecular flexibility index (Phi) is 4.79. The summed E-state index contributed by atoms with van der Waals surface area (Å²) in [7, 11) is 1.68. The molecule has 0 saturated carbocycles. The standard InChI is InChI=1S/C19H17N3O4/c1-20(12-14-5-3-2-4-6-14)19(24)13-21-17-9-8-16(22(25)26)11-15(17)7-10-18(21)23/h2-11H,12-13H2,1H3. The number of nitro groups is 1. The molecule has 1 heterocycles. The Balaban J connectivity index is 1.87. The molecule has 0 atom stereocenters. The summed E-state index contributed by atoms with van der Waals surface area (Å²) < 4.78 is 1.34. The highest BCUT2D eigenvalue weighted by Gasteiger charge is 2.14. The number of likely N-dealkylation sites (N-methyl/N-ethyl adjacent to an activating group) is 1. The average molecular weight is 351 g/mol. The minimum absolute atomic E-state index is 0.0600. The number of fused-ring (bicyclic) bond motifs is 1. The van der Waals surface area contributed by atoms with Crippen LogP contribution in [0, 0.1) is 10.1 Å². The van der Waals surface area contributed by atoms with Crippen LogP contribution in [0.5, 0.6) is 0 Å². The van der Waals surface area contributed by atoms with Crippen molar-refractivity contribution < 1.29 is 9.72 Å². The van der Waals surface area contributed by atoms with Crippen LogP contribution in [0.4, 0.5) is 5.69 Å². The van der Waals surface area contributed by atoms with Crippen molar-refractivity contribution in [1.82, 2.24) is 9.47 Å². The van der Waals surface area contributed by atoms with E-state index in [4.69, 9.17) is 0 Å². The number of nitrogens with zero attached hydrogens (tertiary/aromatic N) is 3. The minimum atomic E-state index is -0.492. The lowest BCUT2D eigenvalue weighted by Gasteiger charge is -2.18. The van der Waals surface area contributed by atoms with Gasteiger partial charge in [-0.1, -0.05) is 30.3 Å². The molecule has 7 nitrogen and oxygen atoms in total. The van der Waals surface area contributed by atoms with Gasteiger partial charge in [0.1, 0.15) is 6.54 Å². The summed E-state index contributed by atoms with van der Waals surface area (Å²) >= 11 is 0. The fourth-order valence-corrected chi connectivity index (χ4v) is 2.77. The van der Waals surface area contributed by atoms with Gasteiger partial charge in [-0.2, -0.15) is 0 Å². The van der Waals surface area contributed by atoms with Gasteiger partial charge < -0.3 is 4.90 Å². The molecule has 0 aliphatic carbocycles. The average Bonchev–Trinajstić information content (AvgIpc) is 2.64. The summed E-state index contributed by atoms with van der Waals surface area (Å²) in [5.41, 5.74) is 1.09. The summed E-state index contributed by atoms with van der Waals surface area (Å²) in [6, 6.07) is 16.6. The molecule has 0 aliphatic rings. The Morgan fingerprint density at radius 3 is 2.54 bits per heavy atom. The molecular formula is C19H17N3O4. The zero-order valence-corrected chi connectivity index (χ0v) is 14.2. The van der Waals surface area contributed by atoms with Gasteiger partial charge in [-0.15, -0.1) is 0 Å². The molecule has 0 saturated heterocycles. The van der Waals surface area contributed by atoms with E-state index in [1.165, 1.54) is 34.9 Å². The van der Waals surface area contributed by atoms with Crippen LogP contribution in [-0.4, -0.2) is 27.3 Å². The minimum Gasteiger partial charge on any atom is -0.340 e. The third-order valence-corrected chi connectivity index (χ3v) is 4.17. The van der Waals surface area contributed by atoms with Gasteiger partial charge in [-0.3, -0.25) is 24.3 Å². The molecule has 0 spiro atoms. The lowest BCUT2D eigenvalue weighted by atomic mass is 10.2. The third kappa shape index (κ3) is 3.61. The number of amides is 1. The summed E-state index contributed by atoms with van der Waals surface area (Å²) in [5.74, 6) is -0.221. The van der Waals surface area contributed by atoms with Gasteiger partial charge in [0.2, 0.25) is 5.91 Å². The largest absolute Gasteiger partial charge is 0.340 e. The molecule has 0 fully saturated rings. The second-order valence-corrected chi connectivity index (χ2v) is 5.99. The third-order valence-electron chi connectivity index (χ3n) is 4.17. The van der Waals surface area contributed by atoms with Gasteiger partial charge in [-0.05, 0) is 17.7 Å². The Morgan fingerprint density at radius 1 is 1.12 bits per heavy atom. The van der Waals surface area contributed by atoms with Crippen molar-refractivity contribution in [3.05, 3.63) is 86.7 Å². The van der Waals surface area contributed by atoms with Crippen molar-refractivity contribution in [3.63, 3.8) is 0 Å². The van der Waals surface area contributed by atoms with E-state index in [1.807, 2.05) is 30.3 Å². The number of nitro benzene ring substituents is 1. The van der Waals surface area contributed by atoms with Crippen LogP contribution < -0.4 is 5.56 Å². The Hall–Kier alpha value is -3.48. The monoisotopic (exact) mass is 351 g/mol. The number of benzene rings is 2. The molecule has 0 aliphatic heterocycles. The number of hydrogen-bond acceptors (Lipinski definition) is 4. The molecule has 7 heteroatoms. The molecule has 2 aromatic carbocycles. The summed E-state index contributed by atoms with van der Waals surface area (Å²) in [5, 5.41) is 11.5. The maximum absolute atomic E-state index is 12.5. The van der Waals surface area contributed by atoms with Gasteiger partial charge in [0.15, 0.2) is 0 Å². The maximum Gasteiger partial charge on any atom is 0.270 e. The highest BCUT2D eigenvalue weighted by atomic mass is 16.6. The van der Waals surface area contributed by atoms with Crippen molar-refractivity contribution in [3.8, 4) is 0 Å². The molecule has 132 valence electrons. The number of hydrogen-bond donors (Lipinski definition) is 0. The Bertz CT molecular complexity index is 1030. The second-order valence-electron chi connectivity index (χ2n) is 5.99. The number of rotatable bonds is 5. The summed E-state index contributed by atoms with van der Waals surface area (Å²) in [6.45, 7) is 0.308. The summed E-state index contributed by atoms with van der Waals surface area (Å²) in [4.78, 5) is 36.7.